The van der Waals surface area contributed by atoms with Crippen LogP contribution in [0.3, 0.4) is 0 Å². The van der Waals surface area contributed by atoms with E-state index in [2.05, 4.69) is 4.72 Å². The highest BCUT2D eigenvalue weighted by molar-refractivity contribution is 7.89. The summed E-state index contributed by atoms with van der Waals surface area (Å²) in [5, 5.41) is 0.311. The Labute approximate surface area is 118 Å². The summed E-state index contributed by atoms with van der Waals surface area (Å²) in [6, 6.07) is 2.72. The van der Waals surface area contributed by atoms with Crippen LogP contribution in [-0.4, -0.2) is 14.0 Å². The molecule has 0 amide bonds. The Morgan fingerprint density at radius 3 is 2.33 bits per heavy atom. The predicted octanol–water partition coefficient (Wildman–Crippen LogP) is 3.04. The van der Waals surface area contributed by atoms with Gasteiger partial charge in [-0.3, -0.25) is 0 Å². The number of nitrogens with one attached hydrogen (secondary N) is 1. The Bertz CT molecular complexity index is 533. The van der Waals surface area contributed by atoms with E-state index in [4.69, 9.17) is 28.9 Å². The number of halogens is 2. The molecule has 0 spiro atoms. The van der Waals surface area contributed by atoms with Crippen LogP contribution in [0, 0.1) is 0 Å². The molecule has 4 nitrogen and oxygen atoms in total. The van der Waals surface area contributed by atoms with Crippen molar-refractivity contribution in [2.75, 3.05) is 5.73 Å². The number of nitrogen functional groups attached to an aromatic ring is 1. The molecule has 0 unspecified atom stereocenters. The molecule has 18 heavy (non-hydrogen) atoms. The Hall–Kier alpha value is -0.490. The van der Waals surface area contributed by atoms with Crippen LogP contribution in [-0.2, 0) is 10.0 Å². The first kappa shape index (κ1) is 15.6. The highest BCUT2D eigenvalue weighted by Crippen LogP contribution is 2.31. The molecule has 0 bridgehead atoms. The van der Waals surface area contributed by atoms with E-state index in [-0.39, 0.29) is 15.6 Å². The molecule has 0 aliphatic rings. The van der Waals surface area contributed by atoms with Crippen molar-refractivity contribution in [3.63, 3.8) is 0 Å². The van der Waals surface area contributed by atoms with Crippen LogP contribution >= 0.6 is 23.2 Å². The van der Waals surface area contributed by atoms with Crippen LogP contribution in [0.4, 0.5) is 5.69 Å². The number of rotatable bonds is 4. The van der Waals surface area contributed by atoms with E-state index in [0.29, 0.717) is 11.4 Å². The van der Waals surface area contributed by atoms with Gasteiger partial charge < -0.3 is 5.73 Å². The molecule has 0 aliphatic carbocycles. The summed E-state index contributed by atoms with van der Waals surface area (Å²) in [5.41, 5.74) is 5.14. The molecule has 0 radical (unpaired) electrons. The SMILES string of the molecule is CCC(C)(C)NS(=O)(=O)c1c(N)cc(Cl)cc1Cl. The molecule has 0 aromatic heterocycles. The van der Waals surface area contributed by atoms with Crippen LogP contribution in [0.1, 0.15) is 27.2 Å². The van der Waals surface area contributed by atoms with Crippen molar-refractivity contribution in [3.8, 4) is 0 Å². The molecule has 0 aliphatic heterocycles. The van der Waals surface area contributed by atoms with E-state index in [0.717, 1.165) is 0 Å². The molecule has 0 saturated carbocycles. The maximum Gasteiger partial charge on any atom is 0.244 e. The minimum atomic E-state index is -3.77. The zero-order valence-electron chi connectivity index (χ0n) is 10.4. The molecular formula is C11H16Cl2N2O2S. The summed E-state index contributed by atoms with van der Waals surface area (Å²) in [7, 11) is -3.77. The number of hydrogen-bond acceptors (Lipinski definition) is 3. The van der Waals surface area contributed by atoms with Gasteiger partial charge in [0.1, 0.15) is 4.90 Å². The third-order valence-corrected chi connectivity index (χ3v) is 5.04. The van der Waals surface area contributed by atoms with Crippen LogP contribution < -0.4 is 10.5 Å². The van der Waals surface area contributed by atoms with Crippen LogP contribution in [0.5, 0.6) is 0 Å². The fraction of sp³-hybridized carbons (Fsp3) is 0.455. The molecule has 0 fully saturated rings. The Balaban J connectivity index is 3.30. The number of hydrogen-bond donors (Lipinski definition) is 2. The molecule has 3 N–H and O–H groups in total. The fourth-order valence-corrected chi connectivity index (χ4v) is 3.82. The van der Waals surface area contributed by atoms with Crippen LogP contribution in [0.2, 0.25) is 10.0 Å². The molecule has 1 aromatic carbocycles. The van der Waals surface area contributed by atoms with E-state index < -0.39 is 15.6 Å². The van der Waals surface area contributed by atoms with E-state index in [1.54, 1.807) is 13.8 Å². The first-order valence-corrected chi connectivity index (χ1v) is 7.61. The van der Waals surface area contributed by atoms with Gasteiger partial charge in [-0.15, -0.1) is 0 Å². The largest absolute Gasteiger partial charge is 0.398 e. The van der Waals surface area contributed by atoms with Crippen molar-refractivity contribution in [3.05, 3.63) is 22.2 Å². The third kappa shape index (κ3) is 3.51. The van der Waals surface area contributed by atoms with Gasteiger partial charge in [-0.2, -0.15) is 0 Å². The Morgan fingerprint density at radius 1 is 1.33 bits per heavy atom. The van der Waals surface area contributed by atoms with Gasteiger partial charge in [-0.25, -0.2) is 13.1 Å². The Kier molecular flexibility index (Phi) is 4.54. The van der Waals surface area contributed by atoms with Crippen molar-refractivity contribution in [2.24, 2.45) is 0 Å². The van der Waals surface area contributed by atoms with E-state index in [9.17, 15) is 8.42 Å². The molecule has 7 heteroatoms. The first-order chi connectivity index (χ1) is 8.09. The summed E-state index contributed by atoms with van der Waals surface area (Å²) in [6.07, 6.45) is 0.636. The number of benzene rings is 1. The lowest BCUT2D eigenvalue weighted by Gasteiger charge is -2.24. The van der Waals surface area contributed by atoms with Gasteiger partial charge in [0.05, 0.1) is 10.7 Å². The van der Waals surface area contributed by atoms with Crippen LogP contribution in [0.15, 0.2) is 17.0 Å². The second-order valence-corrected chi connectivity index (χ2v) is 7.11. The lowest BCUT2D eigenvalue weighted by molar-refractivity contribution is 0.439. The van der Waals surface area contributed by atoms with Gasteiger partial charge in [-0.1, -0.05) is 30.1 Å². The Morgan fingerprint density at radius 2 is 1.89 bits per heavy atom. The molecule has 1 rings (SSSR count). The van der Waals surface area contributed by atoms with Gasteiger partial charge in [0, 0.05) is 10.6 Å². The van der Waals surface area contributed by atoms with Crippen molar-refractivity contribution >= 4 is 38.9 Å². The average Bonchev–Trinajstić information content (AvgIpc) is 2.13. The minimum Gasteiger partial charge on any atom is -0.398 e. The molecule has 1 aromatic rings. The second kappa shape index (κ2) is 5.25. The summed E-state index contributed by atoms with van der Waals surface area (Å²) in [4.78, 5) is -0.130. The minimum absolute atomic E-state index is 0.0133. The standard InChI is InChI=1S/C11H16Cl2N2O2S/c1-4-11(2,3)15-18(16,17)10-8(13)5-7(12)6-9(10)14/h5-6,15H,4,14H2,1-3H3. The topological polar surface area (TPSA) is 72.2 Å². The molecule has 0 heterocycles. The van der Waals surface area contributed by atoms with Crippen molar-refractivity contribution in [1.29, 1.82) is 0 Å². The highest BCUT2D eigenvalue weighted by Gasteiger charge is 2.28. The summed E-state index contributed by atoms with van der Waals surface area (Å²) in [5.74, 6) is 0. The maximum atomic E-state index is 12.2. The van der Waals surface area contributed by atoms with Gasteiger partial charge in [0.15, 0.2) is 0 Å². The second-order valence-electron chi connectivity index (χ2n) is 4.65. The number of nitrogens with two attached hydrogens (primary N) is 1. The smallest absolute Gasteiger partial charge is 0.244 e. The van der Waals surface area contributed by atoms with Crippen LogP contribution in [0.25, 0.3) is 0 Å². The average molecular weight is 311 g/mol. The molecule has 0 atom stereocenters. The zero-order chi connectivity index (χ0) is 14.1. The zero-order valence-corrected chi connectivity index (χ0v) is 12.7. The maximum absolute atomic E-state index is 12.2. The fourth-order valence-electron chi connectivity index (χ4n) is 1.35. The van der Waals surface area contributed by atoms with E-state index >= 15 is 0 Å². The predicted molar refractivity (Wildman–Crippen MR) is 75.6 cm³/mol. The number of sulfonamides is 1. The van der Waals surface area contributed by atoms with E-state index in [1.807, 2.05) is 6.92 Å². The molecular weight excluding hydrogens is 295 g/mol. The van der Waals surface area contributed by atoms with E-state index in [1.165, 1.54) is 12.1 Å². The first-order valence-electron chi connectivity index (χ1n) is 5.37. The summed E-state index contributed by atoms with van der Waals surface area (Å²) >= 11 is 11.7. The monoisotopic (exact) mass is 310 g/mol. The third-order valence-electron chi connectivity index (χ3n) is 2.60. The molecule has 102 valence electrons. The lowest BCUT2D eigenvalue weighted by Crippen LogP contribution is -2.42. The summed E-state index contributed by atoms with van der Waals surface area (Å²) < 4.78 is 27.0. The van der Waals surface area contributed by atoms with Gasteiger partial charge >= 0.3 is 0 Å². The highest BCUT2D eigenvalue weighted by atomic mass is 35.5. The van der Waals surface area contributed by atoms with Gasteiger partial charge in [-0.05, 0) is 32.4 Å². The van der Waals surface area contributed by atoms with Gasteiger partial charge in [0.25, 0.3) is 0 Å². The van der Waals surface area contributed by atoms with Gasteiger partial charge in [0.2, 0.25) is 10.0 Å². The number of anilines is 1. The summed E-state index contributed by atoms with van der Waals surface area (Å²) in [6.45, 7) is 5.45. The quantitative estimate of drug-likeness (QED) is 0.840. The lowest BCUT2D eigenvalue weighted by atomic mass is 10.0. The molecule has 0 saturated heterocycles. The van der Waals surface area contributed by atoms with Crippen molar-refractivity contribution < 1.29 is 8.42 Å². The van der Waals surface area contributed by atoms with Crippen molar-refractivity contribution in [2.45, 2.75) is 37.6 Å². The van der Waals surface area contributed by atoms with Crippen molar-refractivity contribution in [1.82, 2.24) is 4.72 Å². The normalized spacial score (nSPS) is 12.7.